The summed E-state index contributed by atoms with van der Waals surface area (Å²) < 4.78 is 0. The van der Waals surface area contributed by atoms with Crippen molar-refractivity contribution in [2.45, 2.75) is 12.5 Å². The Hall–Kier alpha value is -1.08. The van der Waals surface area contributed by atoms with Crippen LogP contribution in [0, 0.1) is 0 Å². The van der Waals surface area contributed by atoms with E-state index in [1.54, 1.807) is 5.20 Å². The van der Waals surface area contributed by atoms with E-state index >= 15 is 0 Å². The minimum Gasteiger partial charge on any atom is -0.0867 e. The molecule has 0 nitrogen and oxygen atoms in total. The van der Waals surface area contributed by atoms with E-state index in [1.807, 2.05) is 0 Å². The first-order valence-electron chi connectivity index (χ1n) is 4.67. The molecule has 1 aliphatic carbocycles. The summed E-state index contributed by atoms with van der Waals surface area (Å²) in [7, 11) is 1.02. The van der Waals surface area contributed by atoms with Gasteiger partial charge in [-0.2, -0.15) is 0 Å². The van der Waals surface area contributed by atoms with Crippen LogP contribution in [0.2, 0.25) is 6.04 Å². The number of allylic oxidation sites excluding steroid dienone is 4. The minimum atomic E-state index is 1.02. The Labute approximate surface area is 80.8 Å². The predicted octanol–water partition coefficient (Wildman–Crippen LogP) is 2.65. The average molecular weight is 182 g/mol. The van der Waals surface area contributed by atoms with Crippen molar-refractivity contribution in [1.82, 2.24) is 0 Å². The van der Waals surface area contributed by atoms with Crippen LogP contribution in [0.5, 0.6) is 0 Å². The maximum Gasteiger partial charge on any atom is 0.0804 e. The Kier molecular flexibility index (Phi) is 1.53. The molecule has 1 heterocycles. The van der Waals surface area contributed by atoms with Crippen LogP contribution in [-0.4, -0.2) is 9.52 Å². The third-order valence-electron chi connectivity index (χ3n) is 2.72. The lowest BCUT2D eigenvalue weighted by atomic mass is 10.1. The maximum absolute atomic E-state index is 2.30. The van der Waals surface area contributed by atoms with Gasteiger partial charge in [-0.25, -0.2) is 0 Å². The van der Waals surface area contributed by atoms with Crippen LogP contribution in [0.15, 0.2) is 41.6 Å². The second kappa shape index (κ2) is 2.71. The molecular weight excluding hydrogens is 172 g/mol. The Bertz CT molecular complexity index is 413. The Morgan fingerprint density at radius 3 is 3.08 bits per heavy atom. The van der Waals surface area contributed by atoms with Gasteiger partial charge in [0.2, 0.25) is 0 Å². The van der Waals surface area contributed by atoms with Gasteiger partial charge in [-0.1, -0.05) is 41.6 Å². The number of hydrogen-bond acceptors (Lipinski definition) is 0. The monoisotopic (exact) mass is 182 g/mol. The summed E-state index contributed by atoms with van der Waals surface area (Å²) in [5, 5.41) is 1.67. The Morgan fingerprint density at radius 2 is 2.08 bits per heavy atom. The van der Waals surface area contributed by atoms with Crippen molar-refractivity contribution < 1.29 is 0 Å². The molecular formula is C12H10Si. The molecule has 2 radical (unpaired) electrons. The average Bonchev–Trinajstić information content (AvgIpc) is 2.56. The molecule has 0 fully saturated rings. The molecule has 0 amide bonds. The summed E-state index contributed by atoms with van der Waals surface area (Å²) in [4.78, 5) is 0. The van der Waals surface area contributed by atoms with Gasteiger partial charge in [-0.3, -0.25) is 0 Å². The third-order valence-corrected chi connectivity index (χ3v) is 4.03. The van der Waals surface area contributed by atoms with Crippen molar-refractivity contribution in [3.05, 3.63) is 52.7 Å². The van der Waals surface area contributed by atoms with Gasteiger partial charge in [0.05, 0.1) is 9.52 Å². The number of rotatable bonds is 0. The normalized spacial score (nSPS) is 18.8. The fourth-order valence-electron chi connectivity index (χ4n) is 2.09. The first-order valence-corrected chi connectivity index (χ1v) is 5.88. The van der Waals surface area contributed by atoms with Crippen molar-refractivity contribution in [3.8, 4) is 0 Å². The topological polar surface area (TPSA) is 0 Å². The molecule has 0 spiro atoms. The molecule has 0 atom stereocenters. The van der Waals surface area contributed by atoms with Gasteiger partial charge in [0, 0.05) is 0 Å². The van der Waals surface area contributed by atoms with Crippen LogP contribution in [-0.2, 0) is 6.42 Å². The molecule has 13 heavy (non-hydrogen) atoms. The smallest absolute Gasteiger partial charge is 0.0804 e. The van der Waals surface area contributed by atoms with Gasteiger partial charge >= 0.3 is 0 Å². The molecule has 0 aromatic heterocycles. The van der Waals surface area contributed by atoms with Gasteiger partial charge in [0.25, 0.3) is 0 Å². The zero-order valence-electron chi connectivity index (χ0n) is 7.38. The molecule has 0 saturated heterocycles. The zero-order valence-corrected chi connectivity index (χ0v) is 8.38. The summed E-state index contributed by atoms with van der Waals surface area (Å²) in [5.41, 5.74) is 4.51. The number of hydrogen-bond donors (Lipinski definition) is 0. The third kappa shape index (κ3) is 1.04. The van der Waals surface area contributed by atoms with Gasteiger partial charge in [0.1, 0.15) is 0 Å². The van der Waals surface area contributed by atoms with E-state index in [2.05, 4.69) is 36.4 Å². The van der Waals surface area contributed by atoms with E-state index in [1.165, 1.54) is 29.2 Å². The molecule has 0 saturated carbocycles. The van der Waals surface area contributed by atoms with Crippen LogP contribution in [0.1, 0.15) is 11.1 Å². The second-order valence-electron chi connectivity index (χ2n) is 3.51. The van der Waals surface area contributed by atoms with Crippen molar-refractivity contribution >= 4 is 15.1 Å². The summed E-state index contributed by atoms with van der Waals surface area (Å²) >= 11 is 0. The highest BCUT2D eigenvalue weighted by atomic mass is 28.2. The van der Waals surface area contributed by atoms with Crippen LogP contribution in [0.3, 0.4) is 0 Å². The van der Waals surface area contributed by atoms with Gasteiger partial charge in [0.15, 0.2) is 0 Å². The lowest BCUT2D eigenvalue weighted by Gasteiger charge is -2.06. The van der Waals surface area contributed by atoms with E-state index in [0.717, 1.165) is 9.52 Å². The molecule has 3 rings (SSSR count). The first-order chi connectivity index (χ1) is 6.45. The fraction of sp³-hybridized carbons (Fsp3) is 0.167. The van der Waals surface area contributed by atoms with Crippen LogP contribution in [0.25, 0.3) is 5.57 Å². The van der Waals surface area contributed by atoms with E-state index in [9.17, 15) is 0 Å². The van der Waals surface area contributed by atoms with Gasteiger partial charge in [-0.05, 0) is 29.2 Å². The fourth-order valence-corrected chi connectivity index (χ4v) is 3.30. The van der Waals surface area contributed by atoms with Gasteiger partial charge < -0.3 is 0 Å². The second-order valence-corrected chi connectivity index (χ2v) is 4.87. The van der Waals surface area contributed by atoms with Crippen molar-refractivity contribution in [2.75, 3.05) is 0 Å². The molecule has 0 bridgehead atoms. The SMILES string of the molecule is C1=CC2=C(Cc3ccccc32)[Si]C1. The predicted molar refractivity (Wildman–Crippen MR) is 56.8 cm³/mol. The molecule has 0 unspecified atom stereocenters. The molecule has 1 heteroatoms. The number of benzene rings is 1. The summed E-state index contributed by atoms with van der Waals surface area (Å²) in [6, 6.07) is 10.0. The lowest BCUT2D eigenvalue weighted by Crippen LogP contribution is -1.98. The standard InChI is InChI=1S/C12H10Si/c1-2-5-10-9(4-1)8-12-11(10)6-3-7-13-12/h1-6H,7-8H2. The molecule has 0 N–H and O–H groups in total. The van der Waals surface area contributed by atoms with E-state index in [0.29, 0.717) is 0 Å². The molecule has 2 aliphatic rings. The van der Waals surface area contributed by atoms with E-state index < -0.39 is 0 Å². The Balaban J connectivity index is 2.18. The highest BCUT2D eigenvalue weighted by Gasteiger charge is 2.20. The van der Waals surface area contributed by atoms with E-state index in [-0.39, 0.29) is 0 Å². The molecule has 1 aliphatic heterocycles. The van der Waals surface area contributed by atoms with Crippen LogP contribution in [0.4, 0.5) is 0 Å². The summed E-state index contributed by atoms with van der Waals surface area (Å²) in [5.74, 6) is 0. The van der Waals surface area contributed by atoms with Crippen molar-refractivity contribution in [2.24, 2.45) is 0 Å². The summed E-state index contributed by atoms with van der Waals surface area (Å²) in [6.45, 7) is 0. The number of fused-ring (bicyclic) bond motifs is 2. The quantitative estimate of drug-likeness (QED) is 0.541. The Morgan fingerprint density at radius 1 is 1.15 bits per heavy atom. The van der Waals surface area contributed by atoms with Crippen LogP contribution >= 0.6 is 0 Å². The van der Waals surface area contributed by atoms with E-state index in [4.69, 9.17) is 0 Å². The highest BCUT2D eigenvalue weighted by molar-refractivity contribution is 6.49. The highest BCUT2D eigenvalue weighted by Crippen LogP contribution is 2.35. The zero-order chi connectivity index (χ0) is 8.67. The molecule has 1 aromatic rings. The summed E-state index contributed by atoms with van der Waals surface area (Å²) in [6.07, 6.45) is 5.81. The lowest BCUT2D eigenvalue weighted by molar-refractivity contribution is 1.28. The van der Waals surface area contributed by atoms with Crippen molar-refractivity contribution in [3.63, 3.8) is 0 Å². The van der Waals surface area contributed by atoms with Crippen LogP contribution < -0.4 is 0 Å². The minimum absolute atomic E-state index is 1.02. The van der Waals surface area contributed by atoms with Crippen molar-refractivity contribution in [1.29, 1.82) is 0 Å². The molecule has 62 valence electrons. The molecule has 1 aromatic carbocycles. The maximum atomic E-state index is 2.30. The first kappa shape index (κ1) is 7.33. The van der Waals surface area contributed by atoms with Gasteiger partial charge in [-0.15, -0.1) is 0 Å². The largest absolute Gasteiger partial charge is 0.0867 e.